The molecule has 4 aromatic rings. The third-order valence-corrected chi connectivity index (χ3v) is 6.30. The van der Waals surface area contributed by atoms with Crippen LogP contribution < -0.4 is 15.6 Å². The van der Waals surface area contributed by atoms with Crippen LogP contribution in [-0.4, -0.2) is 41.8 Å². The monoisotopic (exact) mass is 447 g/mol. The van der Waals surface area contributed by atoms with Crippen molar-refractivity contribution in [3.8, 4) is 17.0 Å². The van der Waals surface area contributed by atoms with Crippen LogP contribution in [0, 0.1) is 0 Å². The maximum Gasteiger partial charge on any atom is 0.292 e. The van der Waals surface area contributed by atoms with Crippen LogP contribution in [0.3, 0.4) is 0 Å². The molecule has 0 saturated heterocycles. The second-order valence-electron chi connectivity index (χ2n) is 8.65. The quantitative estimate of drug-likeness (QED) is 0.486. The molecule has 1 fully saturated rings. The van der Waals surface area contributed by atoms with Crippen LogP contribution >= 0.6 is 0 Å². The molecule has 1 aliphatic rings. The summed E-state index contributed by atoms with van der Waals surface area (Å²) in [4.78, 5) is 16.9. The third-order valence-electron chi connectivity index (χ3n) is 6.30. The van der Waals surface area contributed by atoms with Gasteiger partial charge in [0.25, 0.3) is 5.56 Å². The molecule has 33 heavy (non-hydrogen) atoms. The predicted molar refractivity (Wildman–Crippen MR) is 127 cm³/mol. The zero-order chi connectivity index (χ0) is 22.9. The van der Waals surface area contributed by atoms with Crippen molar-refractivity contribution >= 4 is 16.7 Å². The minimum atomic E-state index is -0.0951. The minimum Gasteiger partial charge on any atom is -0.485 e. The molecule has 9 nitrogen and oxygen atoms in total. The molecule has 0 atom stereocenters. The van der Waals surface area contributed by atoms with Gasteiger partial charge in [-0.05, 0) is 44.7 Å². The number of pyridine rings is 2. The summed E-state index contributed by atoms with van der Waals surface area (Å²) in [6, 6.07) is 5.94. The smallest absolute Gasteiger partial charge is 0.292 e. The lowest BCUT2D eigenvalue weighted by atomic mass is 9.93. The standard InChI is InChI=1S/C24H29N7O2/c1-4-25-22-12-20-19(14-26-22)23(16-13-27-30(3)15-16)28-31(20)17-7-9-18(10-8-17)33-21-6-5-11-29(2)24(21)32/h5-6,11-15,17-18H,4,7-10H2,1-3H3,(H,25,26). The minimum absolute atomic E-state index is 0.0370. The zero-order valence-corrected chi connectivity index (χ0v) is 19.2. The summed E-state index contributed by atoms with van der Waals surface area (Å²) in [6.45, 7) is 2.87. The number of nitrogens with zero attached hydrogens (tertiary/aromatic N) is 6. The summed E-state index contributed by atoms with van der Waals surface area (Å²) in [7, 11) is 3.65. The molecule has 0 amide bonds. The lowest BCUT2D eigenvalue weighted by Gasteiger charge is -2.29. The van der Waals surface area contributed by atoms with Gasteiger partial charge in [0.05, 0.1) is 23.9 Å². The normalized spacial score (nSPS) is 18.5. The Hall–Kier alpha value is -3.62. The van der Waals surface area contributed by atoms with E-state index >= 15 is 0 Å². The number of aromatic nitrogens is 6. The van der Waals surface area contributed by atoms with Gasteiger partial charge in [0.15, 0.2) is 5.75 Å². The van der Waals surface area contributed by atoms with E-state index in [9.17, 15) is 4.79 Å². The number of rotatable bonds is 6. The van der Waals surface area contributed by atoms with Gasteiger partial charge in [-0.25, -0.2) is 4.98 Å². The van der Waals surface area contributed by atoms with Crippen molar-refractivity contribution in [3.05, 3.63) is 53.3 Å². The highest BCUT2D eigenvalue weighted by Gasteiger charge is 2.27. The van der Waals surface area contributed by atoms with Gasteiger partial charge < -0.3 is 14.6 Å². The van der Waals surface area contributed by atoms with Gasteiger partial charge in [-0.1, -0.05) is 0 Å². The fourth-order valence-electron chi connectivity index (χ4n) is 4.59. The molecule has 9 heteroatoms. The third kappa shape index (κ3) is 4.10. The van der Waals surface area contributed by atoms with Crippen LogP contribution in [-0.2, 0) is 14.1 Å². The van der Waals surface area contributed by atoms with Crippen molar-refractivity contribution in [2.75, 3.05) is 11.9 Å². The molecule has 1 aliphatic carbocycles. The number of anilines is 1. The molecule has 1 saturated carbocycles. The summed E-state index contributed by atoms with van der Waals surface area (Å²) in [5, 5.41) is 13.7. The molecule has 0 radical (unpaired) electrons. The van der Waals surface area contributed by atoms with Crippen LogP contribution in [0.15, 0.2) is 47.8 Å². The van der Waals surface area contributed by atoms with Gasteiger partial charge >= 0.3 is 0 Å². The lowest BCUT2D eigenvalue weighted by molar-refractivity contribution is 0.128. The largest absolute Gasteiger partial charge is 0.485 e. The van der Waals surface area contributed by atoms with E-state index in [2.05, 4.69) is 33.1 Å². The molecule has 0 unspecified atom stereocenters. The van der Waals surface area contributed by atoms with Crippen LogP contribution in [0.25, 0.3) is 22.2 Å². The Morgan fingerprint density at radius 1 is 1.18 bits per heavy atom. The predicted octanol–water partition coefficient (Wildman–Crippen LogP) is 3.53. The van der Waals surface area contributed by atoms with Gasteiger partial charge in [0.1, 0.15) is 11.5 Å². The molecule has 0 bridgehead atoms. The first-order valence-corrected chi connectivity index (χ1v) is 11.5. The number of ether oxygens (including phenoxy) is 1. The van der Waals surface area contributed by atoms with E-state index in [1.807, 2.05) is 31.7 Å². The van der Waals surface area contributed by atoms with E-state index in [0.29, 0.717) is 5.75 Å². The molecule has 5 rings (SSSR count). The van der Waals surface area contributed by atoms with Gasteiger partial charge in [0.2, 0.25) is 0 Å². The van der Waals surface area contributed by atoms with Gasteiger partial charge in [-0.2, -0.15) is 10.2 Å². The lowest BCUT2D eigenvalue weighted by Crippen LogP contribution is -2.29. The number of nitrogens with one attached hydrogen (secondary N) is 1. The highest BCUT2D eigenvalue weighted by Crippen LogP contribution is 2.36. The molecular weight excluding hydrogens is 418 g/mol. The van der Waals surface area contributed by atoms with E-state index in [0.717, 1.165) is 60.2 Å². The van der Waals surface area contributed by atoms with E-state index in [1.54, 1.807) is 28.6 Å². The maximum absolute atomic E-state index is 12.3. The zero-order valence-electron chi connectivity index (χ0n) is 19.2. The average Bonchev–Trinajstić information content (AvgIpc) is 3.41. The average molecular weight is 448 g/mol. The van der Waals surface area contributed by atoms with Crippen molar-refractivity contribution in [3.63, 3.8) is 0 Å². The molecule has 0 aromatic carbocycles. The Balaban J connectivity index is 1.42. The van der Waals surface area contributed by atoms with Crippen LogP contribution in [0.4, 0.5) is 5.82 Å². The van der Waals surface area contributed by atoms with Crippen molar-refractivity contribution < 1.29 is 4.74 Å². The maximum atomic E-state index is 12.3. The summed E-state index contributed by atoms with van der Waals surface area (Å²) in [6.07, 6.45) is 11.1. The van der Waals surface area contributed by atoms with Crippen molar-refractivity contribution in [1.82, 2.24) is 29.1 Å². The van der Waals surface area contributed by atoms with E-state index in [1.165, 1.54) is 0 Å². The molecule has 0 spiro atoms. The number of hydrogen-bond donors (Lipinski definition) is 1. The Bertz CT molecular complexity index is 1330. The Morgan fingerprint density at radius 2 is 2.00 bits per heavy atom. The number of fused-ring (bicyclic) bond motifs is 1. The van der Waals surface area contributed by atoms with Gasteiger partial charge in [-0.15, -0.1) is 0 Å². The Labute approximate surface area is 192 Å². The second-order valence-corrected chi connectivity index (χ2v) is 8.65. The SMILES string of the molecule is CCNc1cc2c(cn1)c(-c1cnn(C)c1)nn2C1CCC(Oc2cccn(C)c2=O)CC1. The van der Waals surface area contributed by atoms with Crippen molar-refractivity contribution in [2.45, 2.75) is 44.8 Å². The van der Waals surface area contributed by atoms with Crippen LogP contribution in [0.1, 0.15) is 38.6 Å². The highest BCUT2D eigenvalue weighted by atomic mass is 16.5. The van der Waals surface area contributed by atoms with E-state index in [-0.39, 0.29) is 17.7 Å². The summed E-state index contributed by atoms with van der Waals surface area (Å²) < 4.78 is 11.6. The Kier molecular flexibility index (Phi) is 5.62. The van der Waals surface area contributed by atoms with Gasteiger partial charge in [-0.3, -0.25) is 14.2 Å². The summed E-state index contributed by atoms with van der Waals surface area (Å²) in [5.74, 6) is 1.27. The van der Waals surface area contributed by atoms with E-state index < -0.39 is 0 Å². The summed E-state index contributed by atoms with van der Waals surface area (Å²) >= 11 is 0. The fourth-order valence-corrected chi connectivity index (χ4v) is 4.59. The van der Waals surface area contributed by atoms with Gasteiger partial charge in [0, 0.05) is 56.2 Å². The van der Waals surface area contributed by atoms with Crippen LogP contribution in [0.5, 0.6) is 5.75 Å². The first-order valence-electron chi connectivity index (χ1n) is 11.5. The Morgan fingerprint density at radius 3 is 2.73 bits per heavy atom. The molecule has 1 N–H and O–H groups in total. The molecule has 172 valence electrons. The molecule has 4 aromatic heterocycles. The number of aryl methyl sites for hydroxylation is 2. The van der Waals surface area contributed by atoms with Crippen molar-refractivity contribution in [1.29, 1.82) is 0 Å². The first-order chi connectivity index (χ1) is 16.0. The topological polar surface area (TPSA) is 91.8 Å². The number of hydrogen-bond acceptors (Lipinski definition) is 6. The molecule has 4 heterocycles. The first kappa shape index (κ1) is 21.2. The summed E-state index contributed by atoms with van der Waals surface area (Å²) in [5.41, 5.74) is 2.86. The molecule has 0 aliphatic heterocycles. The highest BCUT2D eigenvalue weighted by molar-refractivity contribution is 5.93. The fraction of sp³-hybridized carbons (Fsp3) is 0.417. The van der Waals surface area contributed by atoms with Crippen LogP contribution in [0.2, 0.25) is 0 Å². The molecular formula is C24H29N7O2. The second kappa shape index (κ2) is 8.73. The van der Waals surface area contributed by atoms with Crippen molar-refractivity contribution in [2.24, 2.45) is 14.1 Å². The van der Waals surface area contributed by atoms with E-state index in [4.69, 9.17) is 9.84 Å².